The summed E-state index contributed by atoms with van der Waals surface area (Å²) in [5.41, 5.74) is 3.28. The fraction of sp³-hybridized carbons (Fsp3) is 0.300. The van der Waals surface area contributed by atoms with Crippen molar-refractivity contribution in [1.82, 2.24) is 4.57 Å². The summed E-state index contributed by atoms with van der Waals surface area (Å²) in [5.74, 6) is -0.125. The number of aryl methyl sites for hydroxylation is 1. The first kappa shape index (κ1) is 17.6. The lowest BCUT2D eigenvalue weighted by Crippen LogP contribution is -2.20. The molecule has 0 aliphatic carbocycles. The van der Waals surface area contributed by atoms with Crippen LogP contribution in [0.1, 0.15) is 18.1 Å². The molecule has 0 radical (unpaired) electrons. The van der Waals surface area contributed by atoms with E-state index >= 15 is 0 Å². The molecule has 3 aromatic rings. The second-order valence-corrected chi connectivity index (χ2v) is 6.88. The topological polar surface area (TPSA) is 43.6 Å². The molecule has 0 saturated carbocycles. The average molecular weight is 354 g/mol. The van der Waals surface area contributed by atoms with E-state index in [-0.39, 0.29) is 5.91 Å². The zero-order chi connectivity index (χ0) is 17.6. The van der Waals surface area contributed by atoms with E-state index in [2.05, 4.69) is 34.7 Å². The molecule has 0 saturated heterocycles. The molecule has 0 unspecified atom stereocenters. The van der Waals surface area contributed by atoms with Gasteiger partial charge in [-0.3, -0.25) is 4.79 Å². The Morgan fingerprint density at radius 1 is 1.20 bits per heavy atom. The smallest absolute Gasteiger partial charge is 0.252 e. The molecule has 3 rings (SSSR count). The van der Waals surface area contributed by atoms with Gasteiger partial charge in [0, 0.05) is 13.2 Å². The van der Waals surface area contributed by atoms with Gasteiger partial charge in [0.15, 0.2) is 4.80 Å². The highest BCUT2D eigenvalue weighted by Gasteiger charge is 2.09. The Kier molecular flexibility index (Phi) is 5.79. The number of amides is 1. The number of nitrogens with zero attached hydrogens (tertiary/aromatic N) is 2. The minimum atomic E-state index is -0.125. The lowest BCUT2D eigenvalue weighted by Gasteiger charge is -2.05. The molecule has 1 amide bonds. The van der Waals surface area contributed by atoms with Crippen molar-refractivity contribution in [2.24, 2.45) is 4.99 Å². The van der Waals surface area contributed by atoms with Gasteiger partial charge in [0.2, 0.25) is 0 Å². The molecule has 4 nitrogen and oxygen atoms in total. The number of carbonyl (C=O) groups excluding carboxylic acids is 1. The van der Waals surface area contributed by atoms with Gasteiger partial charge in [0.25, 0.3) is 5.91 Å². The number of fused-ring (bicyclic) bond motifs is 1. The Hall–Kier alpha value is -2.24. The quantitative estimate of drug-likeness (QED) is 0.633. The van der Waals surface area contributed by atoms with Crippen molar-refractivity contribution < 1.29 is 9.53 Å². The Bertz CT molecular complexity index is 926. The molecule has 1 aromatic heterocycles. The Balaban J connectivity index is 1.95. The zero-order valence-electron chi connectivity index (χ0n) is 14.6. The average Bonchev–Trinajstić information content (AvgIpc) is 2.92. The van der Waals surface area contributed by atoms with Gasteiger partial charge in [0.1, 0.15) is 0 Å². The van der Waals surface area contributed by atoms with Gasteiger partial charge in [-0.15, -0.1) is 0 Å². The molecule has 0 fully saturated rings. The first-order chi connectivity index (χ1) is 12.2. The summed E-state index contributed by atoms with van der Waals surface area (Å²) in [6.45, 7) is 6.03. The second kappa shape index (κ2) is 8.23. The minimum absolute atomic E-state index is 0.125. The Labute approximate surface area is 151 Å². The molecule has 130 valence electrons. The van der Waals surface area contributed by atoms with E-state index in [1.807, 2.05) is 37.3 Å². The lowest BCUT2D eigenvalue weighted by molar-refractivity contribution is -0.117. The number of hydrogen-bond donors (Lipinski definition) is 0. The van der Waals surface area contributed by atoms with Gasteiger partial charge in [-0.25, -0.2) is 0 Å². The van der Waals surface area contributed by atoms with Crippen LogP contribution in [0.5, 0.6) is 0 Å². The second-order valence-electron chi connectivity index (χ2n) is 5.87. The van der Waals surface area contributed by atoms with Crippen molar-refractivity contribution in [3.63, 3.8) is 0 Å². The maximum absolute atomic E-state index is 12.4. The Morgan fingerprint density at radius 2 is 2.00 bits per heavy atom. The molecule has 2 aromatic carbocycles. The van der Waals surface area contributed by atoms with Crippen molar-refractivity contribution in [3.05, 3.63) is 64.5 Å². The van der Waals surface area contributed by atoms with Crippen molar-refractivity contribution in [3.8, 4) is 0 Å². The van der Waals surface area contributed by atoms with Crippen LogP contribution >= 0.6 is 11.3 Å². The van der Waals surface area contributed by atoms with Gasteiger partial charge in [-0.05, 0) is 37.1 Å². The van der Waals surface area contributed by atoms with Crippen LogP contribution < -0.4 is 4.80 Å². The fourth-order valence-corrected chi connectivity index (χ4v) is 3.87. The van der Waals surface area contributed by atoms with Crippen LogP contribution in [0, 0.1) is 6.92 Å². The van der Waals surface area contributed by atoms with Gasteiger partial charge in [-0.1, -0.05) is 47.7 Å². The molecule has 0 atom stereocenters. The fourth-order valence-electron chi connectivity index (χ4n) is 2.70. The largest absolute Gasteiger partial charge is 0.380 e. The maximum Gasteiger partial charge on any atom is 0.252 e. The van der Waals surface area contributed by atoms with Crippen molar-refractivity contribution >= 4 is 27.5 Å². The van der Waals surface area contributed by atoms with Gasteiger partial charge >= 0.3 is 0 Å². The molecule has 0 N–H and O–H groups in total. The molecule has 0 spiro atoms. The van der Waals surface area contributed by atoms with E-state index < -0.39 is 0 Å². The van der Waals surface area contributed by atoms with E-state index in [0.29, 0.717) is 26.2 Å². The van der Waals surface area contributed by atoms with Gasteiger partial charge < -0.3 is 9.30 Å². The first-order valence-corrected chi connectivity index (χ1v) is 9.28. The van der Waals surface area contributed by atoms with Crippen LogP contribution in [0.3, 0.4) is 0 Å². The maximum atomic E-state index is 12.4. The van der Waals surface area contributed by atoms with E-state index in [1.54, 1.807) is 11.3 Å². The van der Waals surface area contributed by atoms with Crippen LogP contribution in [-0.4, -0.2) is 23.7 Å². The van der Waals surface area contributed by atoms with E-state index in [9.17, 15) is 4.79 Å². The third kappa shape index (κ3) is 4.44. The number of rotatable bonds is 6. The Morgan fingerprint density at radius 3 is 2.76 bits per heavy atom. The third-order valence-corrected chi connectivity index (χ3v) is 4.96. The summed E-state index contributed by atoms with van der Waals surface area (Å²) >= 11 is 1.55. The van der Waals surface area contributed by atoms with Crippen molar-refractivity contribution in [2.45, 2.75) is 26.8 Å². The zero-order valence-corrected chi connectivity index (χ0v) is 15.4. The highest BCUT2D eigenvalue weighted by molar-refractivity contribution is 7.16. The van der Waals surface area contributed by atoms with Crippen LogP contribution in [0.25, 0.3) is 10.2 Å². The molecule has 0 aliphatic rings. The number of ether oxygens (including phenoxy) is 1. The van der Waals surface area contributed by atoms with E-state index in [0.717, 1.165) is 20.6 Å². The first-order valence-electron chi connectivity index (χ1n) is 8.46. The molecule has 0 bridgehead atoms. The SMILES string of the molecule is CCOCCn1c(=NC(=O)Cc2ccccc2)sc2cc(C)ccc21. The third-order valence-electron chi connectivity index (χ3n) is 3.92. The summed E-state index contributed by atoms with van der Waals surface area (Å²) in [4.78, 5) is 17.5. The van der Waals surface area contributed by atoms with Crippen LogP contribution in [0.15, 0.2) is 53.5 Å². The normalized spacial score (nSPS) is 12.0. The summed E-state index contributed by atoms with van der Waals surface area (Å²) < 4.78 is 8.72. The van der Waals surface area contributed by atoms with E-state index in [1.165, 1.54) is 5.56 Å². The van der Waals surface area contributed by atoms with Crippen molar-refractivity contribution in [1.29, 1.82) is 0 Å². The van der Waals surface area contributed by atoms with Crippen LogP contribution in [0.4, 0.5) is 0 Å². The number of benzene rings is 2. The highest BCUT2D eigenvalue weighted by atomic mass is 32.1. The number of carbonyl (C=O) groups is 1. The number of hydrogen-bond acceptors (Lipinski definition) is 3. The molecule has 1 heterocycles. The lowest BCUT2D eigenvalue weighted by atomic mass is 10.1. The summed E-state index contributed by atoms with van der Waals surface area (Å²) in [6.07, 6.45) is 0.319. The number of thiazole rings is 1. The number of aromatic nitrogens is 1. The van der Waals surface area contributed by atoms with Crippen LogP contribution in [-0.2, 0) is 22.5 Å². The predicted octanol–water partition coefficient (Wildman–Crippen LogP) is 3.72. The molecule has 25 heavy (non-hydrogen) atoms. The molecular formula is C20H22N2O2S. The van der Waals surface area contributed by atoms with E-state index in [4.69, 9.17) is 4.74 Å². The van der Waals surface area contributed by atoms with Crippen molar-refractivity contribution in [2.75, 3.05) is 13.2 Å². The standard InChI is InChI=1S/C20H22N2O2S/c1-3-24-12-11-22-17-10-9-15(2)13-18(17)25-20(22)21-19(23)14-16-7-5-4-6-8-16/h4-10,13H,3,11-12,14H2,1-2H3. The molecule has 0 aliphatic heterocycles. The highest BCUT2D eigenvalue weighted by Crippen LogP contribution is 2.19. The summed E-state index contributed by atoms with van der Waals surface area (Å²) in [7, 11) is 0. The summed E-state index contributed by atoms with van der Waals surface area (Å²) in [5, 5.41) is 0. The monoisotopic (exact) mass is 354 g/mol. The summed E-state index contributed by atoms with van der Waals surface area (Å²) in [6, 6.07) is 16.0. The predicted molar refractivity (Wildman–Crippen MR) is 102 cm³/mol. The van der Waals surface area contributed by atoms with Gasteiger partial charge in [-0.2, -0.15) is 4.99 Å². The van der Waals surface area contributed by atoms with Gasteiger partial charge in [0.05, 0.1) is 23.2 Å². The minimum Gasteiger partial charge on any atom is -0.380 e. The molecular weight excluding hydrogens is 332 g/mol. The van der Waals surface area contributed by atoms with Crippen LogP contribution in [0.2, 0.25) is 0 Å². The molecule has 5 heteroatoms.